The smallest absolute Gasteiger partial charge is 0.0507 e. The van der Waals surface area contributed by atoms with Crippen LogP contribution in [0.3, 0.4) is 0 Å². The van der Waals surface area contributed by atoms with E-state index in [9.17, 15) is 0 Å². The minimum Gasteiger partial charge on any atom is -0.381 e. The van der Waals surface area contributed by atoms with Gasteiger partial charge in [-0.3, -0.25) is 4.90 Å². The maximum Gasteiger partial charge on any atom is 0.0507 e. The summed E-state index contributed by atoms with van der Waals surface area (Å²) in [4.78, 5) is 2.73. The van der Waals surface area contributed by atoms with Gasteiger partial charge in [-0.05, 0) is 31.1 Å². The zero-order valence-corrected chi connectivity index (χ0v) is 12.9. The SMILES string of the molecule is CC(C)CN(CCNCC1CCOC1)C1CCCC1. The molecule has 3 nitrogen and oxygen atoms in total. The topological polar surface area (TPSA) is 24.5 Å². The molecule has 1 saturated carbocycles. The molecular formula is C16H32N2O. The molecule has 112 valence electrons. The highest BCUT2D eigenvalue weighted by molar-refractivity contribution is 4.79. The van der Waals surface area contributed by atoms with Crippen LogP contribution in [-0.4, -0.2) is 50.3 Å². The molecule has 1 N–H and O–H groups in total. The lowest BCUT2D eigenvalue weighted by atomic mass is 10.1. The fraction of sp³-hybridized carbons (Fsp3) is 1.00. The van der Waals surface area contributed by atoms with Crippen molar-refractivity contribution in [3.05, 3.63) is 0 Å². The maximum absolute atomic E-state index is 5.42. The summed E-state index contributed by atoms with van der Waals surface area (Å²) < 4.78 is 5.42. The molecule has 1 unspecified atom stereocenters. The molecule has 2 fully saturated rings. The van der Waals surface area contributed by atoms with Gasteiger partial charge in [0, 0.05) is 38.8 Å². The Labute approximate surface area is 119 Å². The highest BCUT2D eigenvalue weighted by Crippen LogP contribution is 2.23. The third kappa shape index (κ3) is 5.41. The van der Waals surface area contributed by atoms with Gasteiger partial charge in [-0.2, -0.15) is 0 Å². The monoisotopic (exact) mass is 268 g/mol. The van der Waals surface area contributed by atoms with E-state index in [1.165, 1.54) is 45.2 Å². The number of nitrogens with one attached hydrogen (secondary N) is 1. The molecule has 0 radical (unpaired) electrons. The summed E-state index contributed by atoms with van der Waals surface area (Å²) in [5, 5.41) is 3.63. The van der Waals surface area contributed by atoms with Gasteiger partial charge in [-0.25, -0.2) is 0 Å². The summed E-state index contributed by atoms with van der Waals surface area (Å²) in [7, 11) is 0. The second kappa shape index (κ2) is 8.23. The van der Waals surface area contributed by atoms with Crippen molar-refractivity contribution < 1.29 is 4.74 Å². The third-order valence-corrected chi connectivity index (χ3v) is 4.47. The van der Waals surface area contributed by atoms with Crippen LogP contribution in [0.4, 0.5) is 0 Å². The van der Waals surface area contributed by atoms with Crippen LogP contribution in [0.1, 0.15) is 46.0 Å². The molecule has 0 bridgehead atoms. The van der Waals surface area contributed by atoms with Crippen molar-refractivity contribution in [3.8, 4) is 0 Å². The Morgan fingerprint density at radius 2 is 2.00 bits per heavy atom. The van der Waals surface area contributed by atoms with Gasteiger partial charge in [0.05, 0.1) is 6.61 Å². The van der Waals surface area contributed by atoms with Gasteiger partial charge in [0.25, 0.3) is 0 Å². The standard InChI is InChI=1S/C16H32N2O/c1-14(2)12-18(16-5-3-4-6-16)9-8-17-11-15-7-10-19-13-15/h14-17H,3-13H2,1-2H3. The fourth-order valence-electron chi connectivity index (χ4n) is 3.43. The van der Waals surface area contributed by atoms with E-state index in [0.29, 0.717) is 0 Å². The van der Waals surface area contributed by atoms with Crippen molar-refractivity contribution in [2.24, 2.45) is 11.8 Å². The van der Waals surface area contributed by atoms with Crippen molar-refractivity contribution in [2.75, 3.05) is 39.4 Å². The average Bonchev–Trinajstić information content (AvgIpc) is 3.04. The Hall–Kier alpha value is -0.120. The van der Waals surface area contributed by atoms with Crippen molar-refractivity contribution in [1.29, 1.82) is 0 Å². The molecule has 1 aliphatic carbocycles. The molecule has 1 atom stereocenters. The quantitative estimate of drug-likeness (QED) is 0.685. The lowest BCUT2D eigenvalue weighted by molar-refractivity contribution is 0.173. The van der Waals surface area contributed by atoms with Gasteiger partial charge < -0.3 is 10.1 Å². The minimum atomic E-state index is 0.755. The molecule has 3 heteroatoms. The van der Waals surface area contributed by atoms with Crippen LogP contribution in [0, 0.1) is 11.8 Å². The Kier molecular flexibility index (Phi) is 6.62. The Morgan fingerprint density at radius 3 is 2.63 bits per heavy atom. The van der Waals surface area contributed by atoms with Crippen LogP contribution in [-0.2, 0) is 4.74 Å². The van der Waals surface area contributed by atoms with Crippen LogP contribution in [0.5, 0.6) is 0 Å². The van der Waals surface area contributed by atoms with Gasteiger partial charge in [-0.15, -0.1) is 0 Å². The zero-order chi connectivity index (χ0) is 13.5. The molecule has 2 rings (SSSR count). The second-order valence-electron chi connectivity index (χ2n) is 6.76. The Balaban J connectivity index is 1.63. The number of nitrogens with zero attached hydrogens (tertiary/aromatic N) is 1. The van der Waals surface area contributed by atoms with Gasteiger partial charge in [0.15, 0.2) is 0 Å². The van der Waals surface area contributed by atoms with E-state index in [-0.39, 0.29) is 0 Å². The van der Waals surface area contributed by atoms with E-state index in [2.05, 4.69) is 24.1 Å². The maximum atomic E-state index is 5.42. The van der Waals surface area contributed by atoms with Gasteiger partial charge >= 0.3 is 0 Å². The molecular weight excluding hydrogens is 236 g/mol. The van der Waals surface area contributed by atoms with E-state index in [0.717, 1.165) is 44.2 Å². The van der Waals surface area contributed by atoms with Crippen LogP contribution < -0.4 is 5.32 Å². The fourth-order valence-corrected chi connectivity index (χ4v) is 3.43. The van der Waals surface area contributed by atoms with E-state index < -0.39 is 0 Å². The lowest BCUT2D eigenvalue weighted by Crippen LogP contribution is -2.41. The first kappa shape index (κ1) is 15.3. The molecule has 19 heavy (non-hydrogen) atoms. The van der Waals surface area contributed by atoms with Crippen LogP contribution in [0.15, 0.2) is 0 Å². The summed E-state index contributed by atoms with van der Waals surface area (Å²) >= 11 is 0. The molecule has 2 aliphatic rings. The first-order chi connectivity index (χ1) is 9.25. The number of rotatable bonds is 8. The molecule has 0 aromatic carbocycles. The van der Waals surface area contributed by atoms with Gasteiger partial charge in [0.1, 0.15) is 0 Å². The predicted octanol–water partition coefficient (Wildman–Crippen LogP) is 2.51. The van der Waals surface area contributed by atoms with E-state index in [4.69, 9.17) is 4.74 Å². The first-order valence-corrected chi connectivity index (χ1v) is 8.28. The van der Waals surface area contributed by atoms with Crippen LogP contribution in [0.25, 0.3) is 0 Å². The number of hydrogen-bond acceptors (Lipinski definition) is 3. The van der Waals surface area contributed by atoms with E-state index in [1.54, 1.807) is 0 Å². The minimum absolute atomic E-state index is 0.755. The summed E-state index contributed by atoms with van der Waals surface area (Å²) in [6.07, 6.45) is 6.95. The Morgan fingerprint density at radius 1 is 1.21 bits per heavy atom. The van der Waals surface area contributed by atoms with E-state index in [1.807, 2.05) is 0 Å². The lowest BCUT2D eigenvalue weighted by Gasteiger charge is -2.30. The van der Waals surface area contributed by atoms with Crippen molar-refractivity contribution in [2.45, 2.75) is 52.0 Å². The zero-order valence-electron chi connectivity index (χ0n) is 12.9. The molecule has 0 amide bonds. The van der Waals surface area contributed by atoms with Crippen LogP contribution in [0.2, 0.25) is 0 Å². The second-order valence-corrected chi connectivity index (χ2v) is 6.76. The molecule has 0 spiro atoms. The largest absolute Gasteiger partial charge is 0.381 e. The first-order valence-electron chi connectivity index (χ1n) is 8.28. The van der Waals surface area contributed by atoms with Gasteiger partial charge in [0.2, 0.25) is 0 Å². The Bertz CT molecular complexity index is 233. The molecule has 1 heterocycles. The predicted molar refractivity (Wildman–Crippen MR) is 80.5 cm³/mol. The highest BCUT2D eigenvalue weighted by atomic mass is 16.5. The number of hydrogen-bond donors (Lipinski definition) is 1. The average molecular weight is 268 g/mol. The molecule has 1 aliphatic heterocycles. The van der Waals surface area contributed by atoms with Gasteiger partial charge in [-0.1, -0.05) is 26.7 Å². The van der Waals surface area contributed by atoms with Crippen molar-refractivity contribution >= 4 is 0 Å². The molecule has 1 saturated heterocycles. The highest BCUT2D eigenvalue weighted by Gasteiger charge is 2.22. The van der Waals surface area contributed by atoms with E-state index >= 15 is 0 Å². The molecule has 0 aromatic rings. The normalized spacial score (nSPS) is 24.9. The van der Waals surface area contributed by atoms with Crippen molar-refractivity contribution in [1.82, 2.24) is 10.2 Å². The summed E-state index contributed by atoms with van der Waals surface area (Å²) in [6.45, 7) is 11.4. The number of ether oxygens (including phenoxy) is 1. The van der Waals surface area contributed by atoms with Crippen molar-refractivity contribution in [3.63, 3.8) is 0 Å². The third-order valence-electron chi connectivity index (χ3n) is 4.47. The summed E-state index contributed by atoms with van der Waals surface area (Å²) in [6, 6.07) is 0.860. The van der Waals surface area contributed by atoms with Crippen LogP contribution >= 0.6 is 0 Å². The summed E-state index contributed by atoms with van der Waals surface area (Å²) in [5.74, 6) is 1.54. The summed E-state index contributed by atoms with van der Waals surface area (Å²) in [5.41, 5.74) is 0. The molecule has 0 aromatic heterocycles.